The van der Waals surface area contributed by atoms with E-state index in [-0.39, 0.29) is 0 Å². The molecule has 2 heterocycles. The van der Waals surface area contributed by atoms with E-state index in [1.807, 2.05) is 23.9 Å². The number of ether oxygens (including phenoxy) is 1. The Morgan fingerprint density at radius 1 is 1.35 bits per heavy atom. The highest BCUT2D eigenvalue weighted by atomic mass is 16.5. The van der Waals surface area contributed by atoms with Crippen LogP contribution < -0.4 is 10.1 Å². The molecule has 20 heavy (non-hydrogen) atoms. The van der Waals surface area contributed by atoms with E-state index in [1.165, 1.54) is 5.56 Å². The van der Waals surface area contributed by atoms with Crippen LogP contribution in [0.15, 0.2) is 24.5 Å². The van der Waals surface area contributed by atoms with E-state index in [2.05, 4.69) is 35.4 Å². The van der Waals surface area contributed by atoms with Crippen LogP contribution in [0.5, 0.6) is 5.88 Å². The van der Waals surface area contributed by atoms with Crippen LogP contribution in [0, 0.1) is 0 Å². The summed E-state index contributed by atoms with van der Waals surface area (Å²) in [7, 11) is 3.59. The number of hydrogen-bond acceptors (Lipinski definition) is 4. The summed E-state index contributed by atoms with van der Waals surface area (Å²) in [6, 6.07) is 3.93. The van der Waals surface area contributed by atoms with Gasteiger partial charge in [-0.25, -0.2) is 4.98 Å². The van der Waals surface area contributed by atoms with Gasteiger partial charge in [-0.3, -0.25) is 4.68 Å². The first-order chi connectivity index (χ1) is 9.60. The molecular formula is C15H22N4O. The normalized spacial score (nSPS) is 11.1. The fourth-order valence-electron chi connectivity index (χ4n) is 2.19. The molecule has 108 valence electrons. The number of rotatable bonds is 6. The maximum Gasteiger partial charge on any atom is 0.213 e. The van der Waals surface area contributed by atoms with E-state index >= 15 is 0 Å². The van der Waals surface area contributed by atoms with Gasteiger partial charge in [0.15, 0.2) is 0 Å². The topological polar surface area (TPSA) is 52.0 Å². The van der Waals surface area contributed by atoms with Crippen molar-refractivity contribution in [1.82, 2.24) is 20.1 Å². The minimum Gasteiger partial charge on any atom is -0.481 e. The third-order valence-corrected chi connectivity index (χ3v) is 3.14. The van der Waals surface area contributed by atoms with Gasteiger partial charge in [0.1, 0.15) is 0 Å². The van der Waals surface area contributed by atoms with Gasteiger partial charge in [-0.2, -0.15) is 5.10 Å². The Kier molecular flexibility index (Phi) is 4.74. The highest BCUT2D eigenvalue weighted by molar-refractivity contribution is 5.22. The molecule has 0 radical (unpaired) electrons. The summed E-state index contributed by atoms with van der Waals surface area (Å²) in [5.41, 5.74) is 3.57. The molecule has 0 atom stereocenters. The van der Waals surface area contributed by atoms with Gasteiger partial charge in [0.05, 0.1) is 12.8 Å². The van der Waals surface area contributed by atoms with Gasteiger partial charge in [0.2, 0.25) is 5.88 Å². The van der Waals surface area contributed by atoms with E-state index in [1.54, 1.807) is 13.3 Å². The highest BCUT2D eigenvalue weighted by Gasteiger charge is 2.10. The van der Waals surface area contributed by atoms with Crippen molar-refractivity contribution in [2.24, 2.45) is 7.05 Å². The largest absolute Gasteiger partial charge is 0.481 e. The SMILES string of the molecule is COc1cc(CNCc2cn(C)nc2C(C)C)ccn1. The van der Waals surface area contributed by atoms with Crippen molar-refractivity contribution in [3.63, 3.8) is 0 Å². The molecule has 0 aliphatic heterocycles. The predicted octanol–water partition coefficient (Wildman–Crippen LogP) is 2.24. The number of aromatic nitrogens is 3. The average Bonchev–Trinajstić information content (AvgIpc) is 2.80. The first-order valence-corrected chi connectivity index (χ1v) is 6.82. The lowest BCUT2D eigenvalue weighted by molar-refractivity contribution is 0.397. The van der Waals surface area contributed by atoms with E-state index in [9.17, 15) is 0 Å². The molecule has 0 saturated heterocycles. The molecule has 0 aliphatic carbocycles. The Labute approximate surface area is 120 Å². The first-order valence-electron chi connectivity index (χ1n) is 6.82. The highest BCUT2D eigenvalue weighted by Crippen LogP contribution is 2.17. The zero-order valence-electron chi connectivity index (χ0n) is 12.6. The molecule has 1 N–H and O–H groups in total. The van der Waals surface area contributed by atoms with Crippen molar-refractivity contribution in [2.75, 3.05) is 7.11 Å². The summed E-state index contributed by atoms with van der Waals surface area (Å²) in [5.74, 6) is 1.09. The van der Waals surface area contributed by atoms with Crippen molar-refractivity contribution in [3.05, 3.63) is 41.3 Å². The zero-order valence-corrected chi connectivity index (χ0v) is 12.6. The molecule has 5 heteroatoms. The third-order valence-electron chi connectivity index (χ3n) is 3.14. The second kappa shape index (κ2) is 6.52. The third kappa shape index (κ3) is 3.57. The maximum absolute atomic E-state index is 5.12. The summed E-state index contributed by atoms with van der Waals surface area (Å²) >= 11 is 0. The van der Waals surface area contributed by atoms with E-state index in [4.69, 9.17) is 4.74 Å². The second-order valence-electron chi connectivity index (χ2n) is 5.18. The first kappa shape index (κ1) is 14.5. The van der Waals surface area contributed by atoms with Crippen LogP contribution in [-0.4, -0.2) is 21.9 Å². The number of methoxy groups -OCH3 is 1. The van der Waals surface area contributed by atoms with E-state index in [0.717, 1.165) is 24.3 Å². The standard InChI is InChI=1S/C15H22N4O/c1-11(2)15-13(10-19(3)18-15)9-16-8-12-5-6-17-14(7-12)20-4/h5-7,10-11,16H,8-9H2,1-4H3. The van der Waals surface area contributed by atoms with E-state index < -0.39 is 0 Å². The molecule has 0 aromatic carbocycles. The van der Waals surface area contributed by atoms with Gasteiger partial charge in [0.25, 0.3) is 0 Å². The van der Waals surface area contributed by atoms with Gasteiger partial charge < -0.3 is 10.1 Å². The summed E-state index contributed by atoms with van der Waals surface area (Å²) in [5, 5.41) is 7.95. The lowest BCUT2D eigenvalue weighted by atomic mass is 10.1. The zero-order chi connectivity index (χ0) is 14.5. The van der Waals surface area contributed by atoms with Crippen LogP contribution in [0.3, 0.4) is 0 Å². The quantitative estimate of drug-likeness (QED) is 0.877. The number of nitrogens with zero attached hydrogens (tertiary/aromatic N) is 3. The van der Waals surface area contributed by atoms with Gasteiger partial charge in [-0.1, -0.05) is 13.8 Å². The molecule has 0 spiro atoms. The van der Waals surface area contributed by atoms with Crippen molar-refractivity contribution in [3.8, 4) is 5.88 Å². The molecule has 5 nitrogen and oxygen atoms in total. The fourth-order valence-corrected chi connectivity index (χ4v) is 2.19. The van der Waals surface area contributed by atoms with Gasteiger partial charge in [-0.15, -0.1) is 0 Å². The number of pyridine rings is 1. The summed E-state index contributed by atoms with van der Waals surface area (Å²) in [6.07, 6.45) is 3.84. The van der Waals surface area contributed by atoms with Crippen LogP contribution in [0.4, 0.5) is 0 Å². The Balaban J connectivity index is 1.95. The van der Waals surface area contributed by atoms with Crippen LogP contribution in [0.25, 0.3) is 0 Å². The van der Waals surface area contributed by atoms with Crippen molar-refractivity contribution in [2.45, 2.75) is 32.9 Å². The molecule has 2 rings (SSSR count). The molecule has 0 aliphatic rings. The average molecular weight is 274 g/mol. The van der Waals surface area contributed by atoms with Crippen molar-refractivity contribution < 1.29 is 4.74 Å². The van der Waals surface area contributed by atoms with Crippen molar-refractivity contribution in [1.29, 1.82) is 0 Å². The molecule has 0 amide bonds. The van der Waals surface area contributed by atoms with Gasteiger partial charge >= 0.3 is 0 Å². The Hall–Kier alpha value is -1.88. The summed E-state index contributed by atoms with van der Waals surface area (Å²) in [4.78, 5) is 4.10. The number of aryl methyl sites for hydroxylation is 1. The molecule has 0 unspecified atom stereocenters. The van der Waals surface area contributed by atoms with Gasteiger partial charge in [-0.05, 0) is 17.5 Å². The van der Waals surface area contributed by atoms with Crippen LogP contribution in [-0.2, 0) is 20.1 Å². The van der Waals surface area contributed by atoms with E-state index in [0.29, 0.717) is 11.8 Å². The predicted molar refractivity (Wildman–Crippen MR) is 78.6 cm³/mol. The summed E-state index contributed by atoms with van der Waals surface area (Å²) in [6.45, 7) is 5.93. The Bertz CT molecular complexity index is 563. The Morgan fingerprint density at radius 2 is 2.15 bits per heavy atom. The lowest BCUT2D eigenvalue weighted by Gasteiger charge is -2.07. The van der Waals surface area contributed by atoms with Gasteiger partial charge in [0, 0.05) is 44.2 Å². The van der Waals surface area contributed by atoms with Crippen LogP contribution in [0.2, 0.25) is 0 Å². The molecule has 0 fully saturated rings. The number of nitrogens with one attached hydrogen (secondary N) is 1. The van der Waals surface area contributed by atoms with Crippen molar-refractivity contribution >= 4 is 0 Å². The molecule has 2 aromatic heterocycles. The lowest BCUT2D eigenvalue weighted by Crippen LogP contribution is -2.13. The molecule has 2 aromatic rings. The fraction of sp³-hybridized carbons (Fsp3) is 0.467. The maximum atomic E-state index is 5.12. The smallest absolute Gasteiger partial charge is 0.213 e. The number of hydrogen-bond donors (Lipinski definition) is 1. The molecule has 0 bridgehead atoms. The van der Waals surface area contributed by atoms with Crippen LogP contribution >= 0.6 is 0 Å². The molecule has 0 saturated carbocycles. The minimum atomic E-state index is 0.439. The molecular weight excluding hydrogens is 252 g/mol. The Morgan fingerprint density at radius 3 is 2.85 bits per heavy atom. The second-order valence-corrected chi connectivity index (χ2v) is 5.18. The minimum absolute atomic E-state index is 0.439. The van der Waals surface area contributed by atoms with Crippen LogP contribution in [0.1, 0.15) is 36.6 Å². The monoisotopic (exact) mass is 274 g/mol. The summed E-state index contributed by atoms with van der Waals surface area (Å²) < 4.78 is 7.00.